The zero-order valence-electron chi connectivity index (χ0n) is 9.68. The molecular formula is C14H10ClNO2. The summed E-state index contributed by atoms with van der Waals surface area (Å²) in [5.74, 6) is -1.14. The van der Waals surface area contributed by atoms with Crippen LogP contribution in [-0.2, 0) is 0 Å². The highest BCUT2D eigenvalue weighted by atomic mass is 35.5. The summed E-state index contributed by atoms with van der Waals surface area (Å²) in [5, 5.41) is 9.34. The van der Waals surface area contributed by atoms with Gasteiger partial charge in [0.05, 0.1) is 6.07 Å². The van der Waals surface area contributed by atoms with E-state index in [1.165, 1.54) is 12.1 Å². The smallest absolute Gasteiger partial charge is 0.219 e. The number of ketones is 1. The van der Waals surface area contributed by atoms with Crippen LogP contribution in [0.1, 0.15) is 27.6 Å². The molecule has 1 unspecified atom stereocenters. The van der Waals surface area contributed by atoms with E-state index in [0.29, 0.717) is 5.56 Å². The Hall–Kier alpha value is -2.05. The minimum Gasteiger partial charge on any atom is -0.442 e. The minimum atomic E-state index is -0.867. The molecule has 0 aliphatic heterocycles. The third kappa shape index (κ3) is 2.29. The first-order valence-electron chi connectivity index (χ1n) is 5.38. The second-order valence-electron chi connectivity index (χ2n) is 3.89. The van der Waals surface area contributed by atoms with Gasteiger partial charge < -0.3 is 4.42 Å². The number of nitrogens with zero attached hydrogens (tertiary/aromatic N) is 1. The van der Waals surface area contributed by atoms with Crippen molar-refractivity contribution in [3.63, 3.8) is 0 Å². The van der Waals surface area contributed by atoms with E-state index in [2.05, 4.69) is 0 Å². The Kier molecular flexibility index (Phi) is 3.50. The van der Waals surface area contributed by atoms with E-state index in [1.807, 2.05) is 25.1 Å². The zero-order valence-corrected chi connectivity index (χ0v) is 10.4. The summed E-state index contributed by atoms with van der Waals surface area (Å²) in [4.78, 5) is 12.2. The lowest BCUT2D eigenvalue weighted by atomic mass is 9.91. The molecule has 0 N–H and O–H groups in total. The van der Waals surface area contributed by atoms with Gasteiger partial charge in [-0.3, -0.25) is 4.79 Å². The number of benzene rings is 1. The van der Waals surface area contributed by atoms with Gasteiger partial charge in [-0.15, -0.1) is 0 Å². The Morgan fingerprint density at radius 1 is 1.33 bits per heavy atom. The molecule has 0 aliphatic rings. The fraction of sp³-hybridized carbons (Fsp3) is 0.143. The summed E-state index contributed by atoms with van der Waals surface area (Å²) in [6, 6.07) is 12.3. The van der Waals surface area contributed by atoms with E-state index in [-0.39, 0.29) is 16.8 Å². The Morgan fingerprint density at radius 3 is 2.61 bits per heavy atom. The summed E-state index contributed by atoms with van der Waals surface area (Å²) in [5.41, 5.74) is 1.59. The highest BCUT2D eigenvalue weighted by Crippen LogP contribution is 2.25. The van der Waals surface area contributed by atoms with Crippen LogP contribution in [-0.4, -0.2) is 5.78 Å². The lowest BCUT2D eigenvalue weighted by Crippen LogP contribution is -2.11. The molecule has 0 amide bonds. The number of aryl methyl sites for hydroxylation is 1. The number of furan rings is 1. The van der Waals surface area contributed by atoms with E-state index in [4.69, 9.17) is 16.0 Å². The summed E-state index contributed by atoms with van der Waals surface area (Å²) >= 11 is 5.63. The number of hydrogen-bond acceptors (Lipinski definition) is 3. The van der Waals surface area contributed by atoms with Crippen LogP contribution >= 0.6 is 11.6 Å². The maximum atomic E-state index is 12.2. The normalized spacial score (nSPS) is 11.8. The number of halogens is 1. The molecule has 1 atom stereocenters. The third-order valence-electron chi connectivity index (χ3n) is 2.71. The molecular weight excluding hydrogens is 250 g/mol. The monoisotopic (exact) mass is 259 g/mol. The van der Waals surface area contributed by atoms with Crippen molar-refractivity contribution < 1.29 is 9.21 Å². The number of carbonyl (C=O) groups is 1. The molecule has 0 fully saturated rings. The third-order valence-corrected chi connectivity index (χ3v) is 2.91. The molecule has 0 saturated carbocycles. The zero-order chi connectivity index (χ0) is 13.1. The fourth-order valence-electron chi connectivity index (χ4n) is 1.77. The van der Waals surface area contributed by atoms with E-state index in [0.717, 1.165) is 5.56 Å². The Labute approximate surface area is 110 Å². The van der Waals surface area contributed by atoms with Gasteiger partial charge in [-0.2, -0.15) is 5.26 Å². The molecule has 2 rings (SSSR count). The van der Waals surface area contributed by atoms with Crippen molar-refractivity contribution in [3.8, 4) is 6.07 Å². The maximum absolute atomic E-state index is 12.2. The summed E-state index contributed by atoms with van der Waals surface area (Å²) in [7, 11) is 0. The van der Waals surface area contributed by atoms with Crippen molar-refractivity contribution in [2.75, 3.05) is 0 Å². The molecule has 0 aliphatic carbocycles. The van der Waals surface area contributed by atoms with Crippen LogP contribution in [0.2, 0.25) is 5.22 Å². The molecule has 4 heteroatoms. The van der Waals surface area contributed by atoms with Gasteiger partial charge in [-0.05, 0) is 41.8 Å². The van der Waals surface area contributed by atoms with Crippen LogP contribution in [0, 0.1) is 18.3 Å². The van der Waals surface area contributed by atoms with Crippen LogP contribution in [0.4, 0.5) is 0 Å². The number of rotatable bonds is 3. The second kappa shape index (κ2) is 5.07. The first-order valence-corrected chi connectivity index (χ1v) is 5.76. The van der Waals surface area contributed by atoms with E-state index >= 15 is 0 Å². The van der Waals surface area contributed by atoms with Crippen molar-refractivity contribution in [1.29, 1.82) is 5.26 Å². The molecule has 90 valence electrons. The van der Waals surface area contributed by atoms with Gasteiger partial charge in [0.1, 0.15) is 5.92 Å². The number of carbonyl (C=O) groups excluding carboxylic acids is 1. The van der Waals surface area contributed by atoms with Gasteiger partial charge in [-0.1, -0.05) is 24.3 Å². The topological polar surface area (TPSA) is 54.0 Å². The van der Waals surface area contributed by atoms with E-state index < -0.39 is 5.92 Å². The fourth-order valence-corrected chi connectivity index (χ4v) is 1.92. The van der Waals surface area contributed by atoms with Gasteiger partial charge in [0, 0.05) is 0 Å². The van der Waals surface area contributed by atoms with Crippen LogP contribution < -0.4 is 0 Å². The van der Waals surface area contributed by atoms with Gasteiger partial charge >= 0.3 is 0 Å². The van der Waals surface area contributed by atoms with Crippen LogP contribution in [0.15, 0.2) is 40.8 Å². The average Bonchev–Trinajstić information content (AvgIpc) is 2.79. The Bertz CT molecular complexity index is 625. The molecule has 0 radical (unpaired) electrons. The van der Waals surface area contributed by atoms with Crippen molar-refractivity contribution in [3.05, 3.63) is 58.5 Å². The molecule has 18 heavy (non-hydrogen) atoms. The Morgan fingerprint density at radius 2 is 2.06 bits per heavy atom. The van der Waals surface area contributed by atoms with Crippen LogP contribution in [0.25, 0.3) is 0 Å². The molecule has 1 aromatic carbocycles. The molecule has 2 aromatic rings. The second-order valence-corrected chi connectivity index (χ2v) is 4.26. The summed E-state index contributed by atoms with van der Waals surface area (Å²) in [6.45, 7) is 1.86. The van der Waals surface area contributed by atoms with E-state index in [9.17, 15) is 10.1 Å². The van der Waals surface area contributed by atoms with Gasteiger partial charge in [0.15, 0.2) is 11.0 Å². The molecule has 3 nitrogen and oxygen atoms in total. The van der Waals surface area contributed by atoms with Gasteiger partial charge in [-0.25, -0.2) is 0 Å². The molecule has 0 bridgehead atoms. The van der Waals surface area contributed by atoms with Crippen molar-refractivity contribution in [1.82, 2.24) is 0 Å². The standard InChI is InChI=1S/C14H10ClNO2/c1-9-4-2-3-5-10(9)11(8-16)14(17)12-6-7-13(15)18-12/h2-7,11H,1H3. The summed E-state index contributed by atoms with van der Waals surface area (Å²) in [6.07, 6.45) is 0. The first-order chi connectivity index (χ1) is 8.63. The lowest BCUT2D eigenvalue weighted by Gasteiger charge is -2.09. The highest BCUT2D eigenvalue weighted by Gasteiger charge is 2.25. The van der Waals surface area contributed by atoms with Gasteiger partial charge in [0.2, 0.25) is 5.78 Å². The molecule has 0 saturated heterocycles. The molecule has 1 aromatic heterocycles. The Balaban J connectivity index is 2.39. The van der Waals surface area contributed by atoms with E-state index in [1.54, 1.807) is 12.1 Å². The summed E-state index contributed by atoms with van der Waals surface area (Å²) < 4.78 is 5.05. The number of Topliss-reactive ketones (excluding diaryl/α,β-unsaturated/α-hetero) is 1. The maximum Gasteiger partial charge on any atom is 0.219 e. The van der Waals surface area contributed by atoms with Crippen LogP contribution in [0.3, 0.4) is 0 Å². The highest BCUT2D eigenvalue weighted by molar-refractivity contribution is 6.29. The molecule has 0 spiro atoms. The number of nitriles is 1. The molecule has 1 heterocycles. The predicted octanol–water partition coefficient (Wildman–Crippen LogP) is 3.73. The quantitative estimate of drug-likeness (QED) is 0.789. The minimum absolute atomic E-state index is 0.106. The van der Waals surface area contributed by atoms with Crippen molar-refractivity contribution in [2.45, 2.75) is 12.8 Å². The number of hydrogen-bond donors (Lipinski definition) is 0. The predicted molar refractivity (Wildman–Crippen MR) is 67.6 cm³/mol. The van der Waals surface area contributed by atoms with Crippen molar-refractivity contribution >= 4 is 17.4 Å². The largest absolute Gasteiger partial charge is 0.442 e. The van der Waals surface area contributed by atoms with Crippen molar-refractivity contribution in [2.24, 2.45) is 0 Å². The van der Waals surface area contributed by atoms with Crippen LogP contribution in [0.5, 0.6) is 0 Å². The van der Waals surface area contributed by atoms with Gasteiger partial charge in [0.25, 0.3) is 0 Å². The average molecular weight is 260 g/mol. The first kappa shape index (κ1) is 12.4. The SMILES string of the molecule is Cc1ccccc1C(C#N)C(=O)c1ccc(Cl)o1. The lowest BCUT2D eigenvalue weighted by molar-refractivity contribution is 0.0952.